The van der Waals surface area contributed by atoms with Crippen LogP contribution in [0.5, 0.6) is 0 Å². The highest BCUT2D eigenvalue weighted by Crippen LogP contribution is 2.19. The molecule has 1 unspecified atom stereocenters. The summed E-state index contributed by atoms with van der Waals surface area (Å²) in [6, 6.07) is 13.2. The van der Waals surface area contributed by atoms with E-state index in [1.54, 1.807) is 4.90 Å². The zero-order chi connectivity index (χ0) is 21.5. The van der Waals surface area contributed by atoms with Gasteiger partial charge in [-0.1, -0.05) is 24.3 Å². The largest absolute Gasteiger partial charge is 0.378 e. The van der Waals surface area contributed by atoms with Crippen LogP contribution in [-0.4, -0.2) is 61.2 Å². The van der Waals surface area contributed by atoms with E-state index >= 15 is 0 Å². The van der Waals surface area contributed by atoms with E-state index in [4.69, 9.17) is 4.74 Å². The molecule has 0 bridgehead atoms. The average molecular weight is 424 g/mol. The van der Waals surface area contributed by atoms with E-state index in [1.807, 2.05) is 48.7 Å². The van der Waals surface area contributed by atoms with Crippen molar-refractivity contribution in [2.45, 2.75) is 19.4 Å². The minimum Gasteiger partial charge on any atom is -0.378 e. The molecule has 2 fully saturated rings. The molecule has 2 aliphatic rings. The molecule has 8 heteroatoms. The number of carbonyl (C=O) groups excluding carboxylic acids is 2. The van der Waals surface area contributed by atoms with Gasteiger partial charge < -0.3 is 25.2 Å². The summed E-state index contributed by atoms with van der Waals surface area (Å²) in [6.45, 7) is 4.66. The van der Waals surface area contributed by atoms with E-state index in [0.717, 1.165) is 56.2 Å². The van der Waals surface area contributed by atoms with Crippen LogP contribution in [0.15, 0.2) is 48.7 Å². The summed E-state index contributed by atoms with van der Waals surface area (Å²) in [5.41, 5.74) is 1.71. The molecule has 2 aliphatic heterocycles. The standard InChI is InChI=1S/C23H29N5O3/c29-22(25-16-18-8-9-21(24-15-18)27-11-13-31-14-12-27)19-5-4-10-28(17-19)23(30)26-20-6-2-1-3-7-20/h1-3,6-9,15,19H,4-5,10-14,16-17H2,(H,25,29)(H,26,30). The number of hydrogen-bond acceptors (Lipinski definition) is 5. The summed E-state index contributed by atoms with van der Waals surface area (Å²) in [5.74, 6) is 0.719. The van der Waals surface area contributed by atoms with Gasteiger partial charge in [0.05, 0.1) is 19.1 Å². The van der Waals surface area contributed by atoms with Crippen LogP contribution in [0.4, 0.5) is 16.3 Å². The van der Waals surface area contributed by atoms with Crippen molar-refractivity contribution in [3.63, 3.8) is 0 Å². The zero-order valence-corrected chi connectivity index (χ0v) is 17.6. The topological polar surface area (TPSA) is 86.8 Å². The minimum absolute atomic E-state index is 0.0190. The maximum atomic E-state index is 12.7. The smallest absolute Gasteiger partial charge is 0.321 e. The van der Waals surface area contributed by atoms with Crippen LogP contribution in [0.25, 0.3) is 0 Å². The van der Waals surface area contributed by atoms with E-state index in [-0.39, 0.29) is 17.9 Å². The number of nitrogens with one attached hydrogen (secondary N) is 2. The van der Waals surface area contributed by atoms with E-state index in [2.05, 4.69) is 20.5 Å². The fraction of sp³-hybridized carbons (Fsp3) is 0.435. The lowest BCUT2D eigenvalue weighted by atomic mass is 9.97. The Hall–Kier alpha value is -3.13. The lowest BCUT2D eigenvalue weighted by Crippen LogP contribution is -2.46. The Kier molecular flexibility index (Phi) is 6.99. The van der Waals surface area contributed by atoms with Crippen LogP contribution in [0.2, 0.25) is 0 Å². The van der Waals surface area contributed by atoms with Crippen molar-refractivity contribution < 1.29 is 14.3 Å². The molecule has 0 saturated carbocycles. The van der Waals surface area contributed by atoms with Gasteiger partial charge in [0.25, 0.3) is 0 Å². The number of likely N-dealkylation sites (tertiary alicyclic amines) is 1. The number of benzene rings is 1. The van der Waals surface area contributed by atoms with Gasteiger partial charge >= 0.3 is 6.03 Å². The number of piperidine rings is 1. The molecular weight excluding hydrogens is 394 g/mol. The number of hydrogen-bond donors (Lipinski definition) is 2. The predicted molar refractivity (Wildman–Crippen MR) is 119 cm³/mol. The Morgan fingerprint density at radius 2 is 1.87 bits per heavy atom. The third-order valence-electron chi connectivity index (χ3n) is 5.72. The summed E-state index contributed by atoms with van der Waals surface area (Å²) >= 11 is 0. The van der Waals surface area contributed by atoms with Crippen molar-refractivity contribution >= 4 is 23.4 Å². The van der Waals surface area contributed by atoms with Crippen LogP contribution in [-0.2, 0) is 16.1 Å². The van der Waals surface area contributed by atoms with Crippen LogP contribution in [0, 0.1) is 5.92 Å². The van der Waals surface area contributed by atoms with Gasteiger partial charge in [-0.3, -0.25) is 4.79 Å². The highest BCUT2D eigenvalue weighted by atomic mass is 16.5. The van der Waals surface area contributed by atoms with Crippen molar-refractivity contribution in [1.82, 2.24) is 15.2 Å². The summed E-state index contributed by atoms with van der Waals surface area (Å²) in [4.78, 5) is 33.7. The Morgan fingerprint density at radius 1 is 1.06 bits per heavy atom. The van der Waals surface area contributed by atoms with Crippen molar-refractivity contribution in [1.29, 1.82) is 0 Å². The van der Waals surface area contributed by atoms with Gasteiger partial charge in [0.2, 0.25) is 5.91 Å². The number of para-hydroxylation sites is 1. The van der Waals surface area contributed by atoms with Gasteiger partial charge in [-0.25, -0.2) is 9.78 Å². The zero-order valence-electron chi connectivity index (χ0n) is 17.6. The molecule has 164 valence electrons. The van der Waals surface area contributed by atoms with Gasteiger partial charge in [-0.2, -0.15) is 0 Å². The number of urea groups is 1. The molecule has 1 aromatic carbocycles. The lowest BCUT2D eigenvalue weighted by Gasteiger charge is -2.32. The molecule has 2 aromatic rings. The molecular formula is C23H29N5O3. The molecule has 1 aromatic heterocycles. The number of morpholine rings is 1. The van der Waals surface area contributed by atoms with Gasteiger partial charge in [-0.15, -0.1) is 0 Å². The third kappa shape index (κ3) is 5.73. The Labute approximate surface area is 182 Å². The van der Waals surface area contributed by atoms with Crippen LogP contribution in [0.3, 0.4) is 0 Å². The normalized spacial score (nSPS) is 19.0. The summed E-state index contributed by atoms with van der Waals surface area (Å²) in [5, 5.41) is 5.90. The first-order valence-electron chi connectivity index (χ1n) is 10.9. The Balaban J connectivity index is 1.25. The second-order valence-corrected chi connectivity index (χ2v) is 7.92. The SMILES string of the molecule is O=C(NCc1ccc(N2CCOCC2)nc1)C1CCCN(C(=O)Nc2ccccc2)C1. The molecule has 4 rings (SSSR count). The molecule has 0 aliphatic carbocycles. The van der Waals surface area contributed by atoms with E-state index in [1.165, 1.54) is 0 Å². The molecule has 2 N–H and O–H groups in total. The van der Waals surface area contributed by atoms with E-state index in [9.17, 15) is 9.59 Å². The second-order valence-electron chi connectivity index (χ2n) is 7.92. The van der Waals surface area contributed by atoms with Gasteiger partial charge in [-0.05, 0) is 36.6 Å². The van der Waals surface area contributed by atoms with Gasteiger partial charge in [0.1, 0.15) is 5.82 Å². The van der Waals surface area contributed by atoms with Crippen molar-refractivity contribution in [2.24, 2.45) is 5.92 Å². The maximum absolute atomic E-state index is 12.7. The number of pyridine rings is 1. The number of nitrogens with zero attached hydrogens (tertiary/aromatic N) is 3. The van der Waals surface area contributed by atoms with E-state index in [0.29, 0.717) is 19.6 Å². The Bertz CT molecular complexity index is 869. The molecule has 3 amide bonds. The average Bonchev–Trinajstić information content (AvgIpc) is 2.84. The first-order valence-corrected chi connectivity index (χ1v) is 10.9. The summed E-state index contributed by atoms with van der Waals surface area (Å²) < 4.78 is 5.37. The van der Waals surface area contributed by atoms with Crippen molar-refractivity contribution in [2.75, 3.05) is 49.6 Å². The predicted octanol–water partition coefficient (Wildman–Crippen LogP) is 2.48. The van der Waals surface area contributed by atoms with Crippen LogP contribution >= 0.6 is 0 Å². The first kappa shape index (κ1) is 21.1. The fourth-order valence-corrected chi connectivity index (χ4v) is 3.93. The Morgan fingerprint density at radius 3 is 2.61 bits per heavy atom. The summed E-state index contributed by atoms with van der Waals surface area (Å²) in [6.07, 6.45) is 3.41. The highest BCUT2D eigenvalue weighted by molar-refractivity contribution is 5.90. The monoisotopic (exact) mass is 423 g/mol. The number of carbonyl (C=O) groups is 2. The molecule has 1 atom stereocenters. The van der Waals surface area contributed by atoms with E-state index < -0.39 is 0 Å². The number of amides is 3. The molecule has 0 spiro atoms. The minimum atomic E-state index is -0.198. The molecule has 8 nitrogen and oxygen atoms in total. The molecule has 31 heavy (non-hydrogen) atoms. The van der Waals surface area contributed by atoms with Crippen molar-refractivity contribution in [3.05, 3.63) is 54.2 Å². The van der Waals surface area contributed by atoms with Crippen LogP contribution in [0.1, 0.15) is 18.4 Å². The second kappa shape index (κ2) is 10.3. The maximum Gasteiger partial charge on any atom is 0.321 e. The lowest BCUT2D eigenvalue weighted by molar-refractivity contribution is -0.126. The molecule has 3 heterocycles. The van der Waals surface area contributed by atoms with Crippen LogP contribution < -0.4 is 15.5 Å². The van der Waals surface area contributed by atoms with Gasteiger partial charge in [0, 0.05) is 44.6 Å². The summed E-state index contributed by atoms with van der Waals surface area (Å²) in [7, 11) is 0. The quantitative estimate of drug-likeness (QED) is 0.772. The number of anilines is 2. The molecule has 2 saturated heterocycles. The number of aromatic nitrogens is 1. The fourth-order valence-electron chi connectivity index (χ4n) is 3.93. The highest BCUT2D eigenvalue weighted by Gasteiger charge is 2.28. The molecule has 0 radical (unpaired) electrons. The number of ether oxygens (including phenoxy) is 1. The van der Waals surface area contributed by atoms with Crippen molar-refractivity contribution in [3.8, 4) is 0 Å². The number of rotatable bonds is 5. The first-order chi connectivity index (χ1) is 15.2. The third-order valence-corrected chi connectivity index (χ3v) is 5.72. The van der Waals surface area contributed by atoms with Gasteiger partial charge in [0.15, 0.2) is 0 Å².